The van der Waals surface area contributed by atoms with Gasteiger partial charge in [-0.25, -0.2) is 9.59 Å². The zero-order chi connectivity index (χ0) is 31.3. The van der Waals surface area contributed by atoms with E-state index in [1.165, 1.54) is 0 Å². The molecule has 0 aromatic heterocycles. The molecule has 0 radical (unpaired) electrons. The Morgan fingerprint density at radius 2 is 1.52 bits per heavy atom. The molecular weight excluding hydrogens is 566 g/mol. The van der Waals surface area contributed by atoms with Crippen molar-refractivity contribution in [3.05, 3.63) is 70.8 Å². The van der Waals surface area contributed by atoms with Gasteiger partial charge >= 0.3 is 24.5 Å². The topological polar surface area (TPSA) is 59.1 Å². The van der Waals surface area contributed by atoms with E-state index in [4.69, 9.17) is 9.47 Å². The standard InChI is InChI=1S/C30H36F6N2O4/c1-28(2,3)42-27(40)38-13-11-21(17-25(38)16-20-8-6-5-7-9-20)10-12-37(26(39)41-4)19-22-14-23(29(31,32)33)18-24(15-22)30(34,35)36/h5-9,14-15,18,21,25H,10-13,16-17,19H2,1-4H3. The first kappa shape index (κ1) is 33.1. The lowest BCUT2D eigenvalue weighted by Crippen LogP contribution is -2.49. The Labute approximate surface area is 241 Å². The number of hydrogen-bond acceptors (Lipinski definition) is 4. The zero-order valence-corrected chi connectivity index (χ0v) is 24.0. The summed E-state index contributed by atoms with van der Waals surface area (Å²) in [5.41, 5.74) is -2.87. The minimum absolute atomic E-state index is 0.0248. The van der Waals surface area contributed by atoms with Crippen molar-refractivity contribution in [1.29, 1.82) is 0 Å². The van der Waals surface area contributed by atoms with E-state index in [0.29, 0.717) is 44.4 Å². The summed E-state index contributed by atoms with van der Waals surface area (Å²) in [6.07, 6.45) is -9.15. The molecule has 1 aliphatic rings. The molecular formula is C30H36F6N2O4. The van der Waals surface area contributed by atoms with Crippen LogP contribution in [-0.4, -0.2) is 53.8 Å². The van der Waals surface area contributed by atoms with Crippen molar-refractivity contribution in [2.45, 2.75) is 77.0 Å². The van der Waals surface area contributed by atoms with Crippen LogP contribution in [0.15, 0.2) is 48.5 Å². The van der Waals surface area contributed by atoms with E-state index in [0.717, 1.165) is 17.6 Å². The maximum absolute atomic E-state index is 13.4. The van der Waals surface area contributed by atoms with E-state index >= 15 is 0 Å². The van der Waals surface area contributed by atoms with Crippen molar-refractivity contribution in [3.63, 3.8) is 0 Å². The second kappa shape index (κ2) is 13.2. The summed E-state index contributed by atoms with van der Waals surface area (Å²) >= 11 is 0. The van der Waals surface area contributed by atoms with E-state index in [2.05, 4.69) is 0 Å². The van der Waals surface area contributed by atoms with Crippen LogP contribution in [0.4, 0.5) is 35.9 Å². The van der Waals surface area contributed by atoms with Gasteiger partial charge in [0.1, 0.15) is 5.60 Å². The molecule has 2 aromatic rings. The van der Waals surface area contributed by atoms with E-state index in [1.54, 1.807) is 25.7 Å². The molecule has 2 amide bonds. The van der Waals surface area contributed by atoms with E-state index in [9.17, 15) is 35.9 Å². The van der Waals surface area contributed by atoms with E-state index in [-0.39, 0.29) is 30.1 Å². The van der Waals surface area contributed by atoms with Gasteiger partial charge in [-0.3, -0.25) is 0 Å². The summed E-state index contributed by atoms with van der Waals surface area (Å²) in [5, 5.41) is 0. The molecule has 6 nitrogen and oxygen atoms in total. The van der Waals surface area contributed by atoms with Crippen molar-refractivity contribution in [1.82, 2.24) is 9.80 Å². The number of carbonyl (C=O) groups is 2. The molecule has 2 atom stereocenters. The van der Waals surface area contributed by atoms with Crippen LogP contribution in [0.5, 0.6) is 0 Å². The minimum Gasteiger partial charge on any atom is -0.453 e. The number of nitrogens with zero attached hydrogens (tertiary/aromatic N) is 2. The summed E-state index contributed by atoms with van der Waals surface area (Å²) in [7, 11) is 1.10. The van der Waals surface area contributed by atoms with Gasteiger partial charge in [-0.15, -0.1) is 0 Å². The molecule has 0 saturated carbocycles. The molecule has 1 aliphatic heterocycles. The first-order chi connectivity index (χ1) is 19.5. The van der Waals surface area contributed by atoms with Crippen LogP contribution in [0, 0.1) is 5.92 Å². The summed E-state index contributed by atoms with van der Waals surface area (Å²) in [6, 6.07) is 10.7. The second-order valence-electron chi connectivity index (χ2n) is 11.5. The fourth-order valence-corrected chi connectivity index (χ4v) is 5.07. The van der Waals surface area contributed by atoms with Crippen molar-refractivity contribution in [2.24, 2.45) is 5.92 Å². The molecule has 0 bridgehead atoms. The van der Waals surface area contributed by atoms with Gasteiger partial charge in [0.25, 0.3) is 0 Å². The Morgan fingerprint density at radius 3 is 2.05 bits per heavy atom. The lowest BCUT2D eigenvalue weighted by Gasteiger charge is -2.40. The monoisotopic (exact) mass is 602 g/mol. The number of ether oxygens (including phenoxy) is 2. The smallest absolute Gasteiger partial charge is 0.416 e. The SMILES string of the molecule is COC(=O)N(CCC1CCN(C(=O)OC(C)(C)C)C(Cc2ccccc2)C1)Cc1cc(C(F)(F)F)cc(C(F)(F)F)c1. The summed E-state index contributed by atoms with van der Waals surface area (Å²) in [4.78, 5) is 28.3. The van der Waals surface area contributed by atoms with Crippen LogP contribution in [-0.2, 0) is 34.8 Å². The molecule has 3 rings (SSSR count). The van der Waals surface area contributed by atoms with Gasteiger partial charge in [0.15, 0.2) is 0 Å². The molecule has 0 N–H and O–H groups in total. The highest BCUT2D eigenvalue weighted by molar-refractivity contribution is 5.69. The van der Waals surface area contributed by atoms with Gasteiger partial charge in [0.2, 0.25) is 0 Å². The third-order valence-electron chi connectivity index (χ3n) is 7.03. The molecule has 12 heteroatoms. The zero-order valence-electron chi connectivity index (χ0n) is 24.0. The number of rotatable bonds is 7. The molecule has 232 valence electrons. The molecule has 1 heterocycles. The Bertz CT molecular complexity index is 1180. The number of carbonyl (C=O) groups excluding carboxylic acids is 2. The molecule has 0 aliphatic carbocycles. The molecule has 42 heavy (non-hydrogen) atoms. The van der Waals surface area contributed by atoms with Crippen LogP contribution in [0.2, 0.25) is 0 Å². The molecule has 2 aromatic carbocycles. The maximum Gasteiger partial charge on any atom is 0.416 e. The number of likely N-dealkylation sites (tertiary alicyclic amines) is 1. The lowest BCUT2D eigenvalue weighted by atomic mass is 9.85. The molecule has 0 spiro atoms. The van der Waals surface area contributed by atoms with Crippen LogP contribution < -0.4 is 0 Å². The third-order valence-corrected chi connectivity index (χ3v) is 7.03. The Morgan fingerprint density at radius 1 is 0.929 bits per heavy atom. The highest BCUT2D eigenvalue weighted by Gasteiger charge is 2.38. The number of benzene rings is 2. The number of methoxy groups -OCH3 is 1. The number of alkyl halides is 6. The predicted octanol–water partition coefficient (Wildman–Crippen LogP) is 7.94. The van der Waals surface area contributed by atoms with Gasteiger partial charge in [-0.05, 0) is 81.7 Å². The van der Waals surface area contributed by atoms with Gasteiger partial charge < -0.3 is 19.3 Å². The number of halogens is 6. The van der Waals surface area contributed by atoms with Crippen molar-refractivity contribution < 1.29 is 45.4 Å². The minimum atomic E-state index is -5.00. The van der Waals surface area contributed by atoms with Gasteiger partial charge in [0, 0.05) is 25.7 Å². The number of piperidine rings is 1. The Kier molecular flexibility index (Phi) is 10.4. The fraction of sp³-hybridized carbons (Fsp3) is 0.533. The first-order valence-corrected chi connectivity index (χ1v) is 13.6. The van der Waals surface area contributed by atoms with Gasteiger partial charge in [-0.1, -0.05) is 30.3 Å². The molecule has 1 saturated heterocycles. The average Bonchev–Trinajstić information content (AvgIpc) is 2.89. The first-order valence-electron chi connectivity index (χ1n) is 13.6. The number of hydrogen-bond donors (Lipinski definition) is 0. The van der Waals surface area contributed by atoms with Crippen molar-refractivity contribution in [2.75, 3.05) is 20.2 Å². The van der Waals surface area contributed by atoms with Gasteiger partial charge in [-0.2, -0.15) is 26.3 Å². The van der Waals surface area contributed by atoms with Crippen molar-refractivity contribution in [3.8, 4) is 0 Å². The largest absolute Gasteiger partial charge is 0.453 e. The maximum atomic E-state index is 13.4. The van der Waals surface area contributed by atoms with Crippen LogP contribution in [0.1, 0.15) is 62.3 Å². The fourth-order valence-electron chi connectivity index (χ4n) is 5.07. The van der Waals surface area contributed by atoms with Crippen molar-refractivity contribution >= 4 is 12.2 Å². The van der Waals surface area contributed by atoms with Crippen LogP contribution in [0.25, 0.3) is 0 Å². The molecule has 1 fully saturated rings. The quantitative estimate of drug-likeness (QED) is 0.302. The highest BCUT2D eigenvalue weighted by atomic mass is 19.4. The van der Waals surface area contributed by atoms with E-state index in [1.807, 2.05) is 30.3 Å². The average molecular weight is 603 g/mol. The normalized spacial score (nSPS) is 18.0. The highest BCUT2D eigenvalue weighted by Crippen LogP contribution is 2.37. The summed E-state index contributed by atoms with van der Waals surface area (Å²) < 4.78 is 90.5. The number of amides is 2. The Balaban J connectivity index is 1.77. The van der Waals surface area contributed by atoms with Gasteiger partial charge in [0.05, 0.1) is 18.2 Å². The summed E-state index contributed by atoms with van der Waals surface area (Å²) in [5.74, 6) is 0.0248. The van der Waals surface area contributed by atoms with E-state index < -0.39 is 47.8 Å². The lowest BCUT2D eigenvalue weighted by molar-refractivity contribution is -0.143. The Hall–Kier alpha value is -3.44. The van der Waals surface area contributed by atoms with Crippen LogP contribution >= 0.6 is 0 Å². The predicted molar refractivity (Wildman–Crippen MR) is 143 cm³/mol. The summed E-state index contributed by atoms with van der Waals surface area (Å²) in [6.45, 7) is 5.30. The second-order valence-corrected chi connectivity index (χ2v) is 11.5. The molecule has 2 unspecified atom stereocenters. The van der Waals surface area contributed by atoms with Crippen LogP contribution in [0.3, 0.4) is 0 Å². The third kappa shape index (κ3) is 9.55.